The van der Waals surface area contributed by atoms with Crippen LogP contribution in [-0.2, 0) is 5.41 Å². The van der Waals surface area contributed by atoms with Gasteiger partial charge in [0.2, 0.25) is 0 Å². The third kappa shape index (κ3) is 3.43. The first-order valence-corrected chi connectivity index (χ1v) is 12.3. The molecule has 0 saturated heterocycles. The second-order valence-electron chi connectivity index (χ2n) is 10.6. The van der Waals surface area contributed by atoms with Gasteiger partial charge in [0.1, 0.15) is 17.3 Å². The first kappa shape index (κ1) is 21.4. The maximum Gasteiger partial charge on any atom is 0.128 e. The van der Waals surface area contributed by atoms with E-state index in [1.54, 1.807) is 19.4 Å². The Balaban J connectivity index is 1.40. The van der Waals surface area contributed by atoms with Gasteiger partial charge in [-0.3, -0.25) is 4.99 Å². The van der Waals surface area contributed by atoms with Crippen molar-refractivity contribution in [2.24, 2.45) is 22.7 Å². The first-order valence-electron chi connectivity index (χ1n) is 12.3. The van der Waals surface area contributed by atoms with Crippen LogP contribution >= 0.6 is 0 Å². The zero-order chi connectivity index (χ0) is 23.4. The minimum absolute atomic E-state index is 0.119. The summed E-state index contributed by atoms with van der Waals surface area (Å²) < 4.78 is 19.7. The molecule has 4 saturated carbocycles. The van der Waals surface area contributed by atoms with Gasteiger partial charge in [-0.25, -0.2) is 4.39 Å². The van der Waals surface area contributed by atoms with Crippen molar-refractivity contribution in [2.75, 3.05) is 7.11 Å². The molecule has 2 unspecified atom stereocenters. The van der Waals surface area contributed by atoms with Crippen LogP contribution in [0.1, 0.15) is 48.8 Å². The maximum absolute atomic E-state index is 14.2. The van der Waals surface area contributed by atoms with E-state index in [0.717, 1.165) is 40.0 Å². The van der Waals surface area contributed by atoms with E-state index in [4.69, 9.17) is 9.73 Å². The number of nitrogens with zero attached hydrogens (tertiary/aromatic N) is 1. The van der Waals surface area contributed by atoms with Crippen LogP contribution in [0.2, 0.25) is 0 Å². The number of phenols is 1. The number of halogens is 1. The van der Waals surface area contributed by atoms with E-state index in [1.165, 1.54) is 44.2 Å². The van der Waals surface area contributed by atoms with E-state index >= 15 is 0 Å². The fourth-order valence-electron chi connectivity index (χ4n) is 7.29. The number of benzene rings is 3. The zero-order valence-corrected chi connectivity index (χ0v) is 19.7. The van der Waals surface area contributed by atoms with E-state index in [2.05, 4.69) is 13.0 Å². The van der Waals surface area contributed by atoms with Crippen molar-refractivity contribution in [3.8, 4) is 22.6 Å². The monoisotopic (exact) mass is 455 g/mol. The molecule has 7 rings (SSSR count). The second-order valence-corrected chi connectivity index (χ2v) is 10.6. The van der Waals surface area contributed by atoms with Gasteiger partial charge < -0.3 is 9.84 Å². The molecule has 3 aromatic rings. The van der Waals surface area contributed by atoms with E-state index in [-0.39, 0.29) is 11.2 Å². The topological polar surface area (TPSA) is 41.8 Å². The molecule has 0 aliphatic heterocycles. The molecule has 0 aromatic heterocycles. The molecule has 2 atom stereocenters. The van der Waals surface area contributed by atoms with E-state index < -0.39 is 0 Å². The molecule has 4 heteroatoms. The lowest BCUT2D eigenvalue weighted by atomic mass is 9.65. The lowest BCUT2D eigenvalue weighted by Crippen LogP contribution is -2.31. The molecule has 34 heavy (non-hydrogen) atoms. The number of hydrogen-bond acceptors (Lipinski definition) is 3. The van der Waals surface area contributed by atoms with Gasteiger partial charge in [-0.15, -0.1) is 0 Å². The maximum atomic E-state index is 14.2. The van der Waals surface area contributed by atoms with Gasteiger partial charge in [-0.05, 0) is 98.1 Å². The summed E-state index contributed by atoms with van der Waals surface area (Å²) in [5.41, 5.74) is 5.15. The number of para-hydroxylation sites is 1. The van der Waals surface area contributed by atoms with Crippen molar-refractivity contribution in [1.29, 1.82) is 0 Å². The molecule has 4 aliphatic rings. The Morgan fingerprint density at radius 3 is 2.50 bits per heavy atom. The number of hydrogen-bond donors (Lipinski definition) is 1. The van der Waals surface area contributed by atoms with Crippen LogP contribution in [0.5, 0.6) is 11.5 Å². The van der Waals surface area contributed by atoms with Gasteiger partial charge >= 0.3 is 0 Å². The van der Waals surface area contributed by atoms with Crippen molar-refractivity contribution < 1.29 is 14.2 Å². The van der Waals surface area contributed by atoms with Crippen LogP contribution in [0.25, 0.3) is 11.1 Å². The summed E-state index contributed by atoms with van der Waals surface area (Å²) >= 11 is 0. The zero-order valence-electron chi connectivity index (χ0n) is 19.7. The van der Waals surface area contributed by atoms with Crippen molar-refractivity contribution in [3.63, 3.8) is 0 Å². The molecule has 4 fully saturated rings. The highest BCUT2D eigenvalue weighted by Crippen LogP contribution is 2.65. The molecule has 1 N–H and O–H groups in total. The van der Waals surface area contributed by atoms with Gasteiger partial charge in [0, 0.05) is 28.5 Å². The number of aromatic hydroxyl groups is 1. The molecule has 0 amide bonds. The number of methoxy groups -OCH3 is 1. The van der Waals surface area contributed by atoms with Crippen LogP contribution < -0.4 is 4.74 Å². The summed E-state index contributed by atoms with van der Waals surface area (Å²) in [6, 6.07) is 16.3. The van der Waals surface area contributed by atoms with E-state index in [1.807, 2.05) is 30.3 Å². The van der Waals surface area contributed by atoms with Gasteiger partial charge in [0.25, 0.3) is 0 Å². The van der Waals surface area contributed by atoms with Gasteiger partial charge in [-0.2, -0.15) is 0 Å². The Hall–Kier alpha value is -3.14. The Labute approximate surface area is 200 Å². The largest absolute Gasteiger partial charge is 0.507 e. The van der Waals surface area contributed by atoms with Gasteiger partial charge in [0.15, 0.2) is 0 Å². The lowest BCUT2D eigenvalue weighted by Gasteiger charge is -2.39. The predicted octanol–water partition coefficient (Wildman–Crippen LogP) is 7.34. The van der Waals surface area contributed by atoms with Crippen LogP contribution in [0.3, 0.4) is 0 Å². The molecule has 4 aliphatic carbocycles. The highest BCUT2D eigenvalue weighted by molar-refractivity contribution is 5.90. The quantitative estimate of drug-likeness (QED) is 0.409. The standard InChI is InChI=1S/C30H30FNO2/c1-18-9-22(29(33)26(10-18)30-14-19-11-20(15-30)21(12-19)16-30)17-32-27-8-7-23(31)13-25(27)24-5-3-4-6-28(24)34-2/h3-10,13,17,19-21,33H,11-12,14-16H2,1-2H3. The average molecular weight is 456 g/mol. The summed E-state index contributed by atoms with van der Waals surface area (Å²) in [7, 11) is 1.61. The molecule has 4 bridgehead atoms. The van der Waals surface area contributed by atoms with Crippen LogP contribution in [0.4, 0.5) is 10.1 Å². The van der Waals surface area contributed by atoms with Crippen molar-refractivity contribution in [2.45, 2.75) is 44.4 Å². The number of ether oxygens (including phenoxy) is 1. The van der Waals surface area contributed by atoms with Crippen molar-refractivity contribution in [1.82, 2.24) is 0 Å². The van der Waals surface area contributed by atoms with E-state index in [0.29, 0.717) is 22.7 Å². The fourth-order valence-corrected chi connectivity index (χ4v) is 7.29. The molecular weight excluding hydrogens is 425 g/mol. The summed E-state index contributed by atoms with van der Waals surface area (Å²) in [5.74, 6) is 3.17. The van der Waals surface area contributed by atoms with Crippen LogP contribution in [0, 0.1) is 30.5 Å². The minimum atomic E-state index is -0.328. The van der Waals surface area contributed by atoms with E-state index in [9.17, 15) is 9.50 Å². The van der Waals surface area contributed by atoms with Crippen LogP contribution in [-0.4, -0.2) is 18.4 Å². The molecular formula is C30H30FNO2. The fraction of sp³-hybridized carbons (Fsp3) is 0.367. The predicted molar refractivity (Wildman–Crippen MR) is 134 cm³/mol. The number of phenolic OH excluding ortho intramolecular Hbond substituents is 1. The average Bonchev–Trinajstić information content (AvgIpc) is 3.26. The van der Waals surface area contributed by atoms with Crippen LogP contribution in [0.15, 0.2) is 59.6 Å². The summed E-state index contributed by atoms with van der Waals surface area (Å²) in [6.07, 6.45) is 8.09. The molecule has 174 valence electrons. The lowest BCUT2D eigenvalue weighted by molar-refractivity contribution is 0.224. The number of aryl methyl sites for hydroxylation is 1. The van der Waals surface area contributed by atoms with Crippen molar-refractivity contribution >= 4 is 11.9 Å². The Morgan fingerprint density at radius 2 is 1.76 bits per heavy atom. The SMILES string of the molecule is COc1ccccc1-c1cc(F)ccc1N=Cc1cc(C)cc(C23CC4CC(C2)C(C4)C3)c1O. The van der Waals surface area contributed by atoms with Gasteiger partial charge in [0.05, 0.1) is 12.8 Å². The number of aliphatic imine (C=N–C) groups is 1. The molecule has 3 aromatic carbocycles. The molecule has 0 radical (unpaired) electrons. The Bertz CT molecular complexity index is 1280. The second kappa shape index (κ2) is 7.97. The normalized spacial score (nSPS) is 27.1. The Morgan fingerprint density at radius 1 is 1.00 bits per heavy atom. The highest BCUT2D eigenvalue weighted by Gasteiger charge is 2.57. The third-order valence-electron chi connectivity index (χ3n) is 8.48. The summed E-state index contributed by atoms with van der Waals surface area (Å²) in [4.78, 5) is 4.73. The Kier molecular flexibility index (Phi) is 5.02. The minimum Gasteiger partial charge on any atom is -0.507 e. The highest BCUT2D eigenvalue weighted by atomic mass is 19.1. The van der Waals surface area contributed by atoms with Gasteiger partial charge in [-0.1, -0.05) is 24.3 Å². The number of rotatable bonds is 5. The molecule has 0 spiro atoms. The van der Waals surface area contributed by atoms with Crippen molar-refractivity contribution in [3.05, 3.63) is 77.1 Å². The third-order valence-corrected chi connectivity index (χ3v) is 8.48. The molecule has 0 heterocycles. The first-order chi connectivity index (χ1) is 16.5. The summed E-state index contributed by atoms with van der Waals surface area (Å²) in [6.45, 7) is 2.09. The molecule has 3 nitrogen and oxygen atoms in total. The summed E-state index contributed by atoms with van der Waals surface area (Å²) in [5, 5.41) is 11.4. The smallest absolute Gasteiger partial charge is 0.128 e.